The number of benzene rings is 2. The molecule has 0 aliphatic rings. The Morgan fingerprint density at radius 1 is 1.10 bits per heavy atom. The number of carbonyl (C=O) groups is 1. The van der Waals surface area contributed by atoms with E-state index in [4.69, 9.17) is 16.3 Å². The van der Waals surface area contributed by atoms with E-state index in [1.54, 1.807) is 6.20 Å². The molecular weight excluding hydrogens is 274 g/mol. The zero-order valence-corrected chi connectivity index (χ0v) is 11.4. The summed E-state index contributed by atoms with van der Waals surface area (Å²) in [6.45, 7) is 0.475. The lowest BCUT2D eigenvalue weighted by Gasteiger charge is -2.07. The Labute approximate surface area is 121 Å². The van der Waals surface area contributed by atoms with E-state index in [9.17, 15) is 4.79 Å². The average molecular weight is 286 g/mol. The van der Waals surface area contributed by atoms with E-state index in [0.29, 0.717) is 17.9 Å². The lowest BCUT2D eigenvalue weighted by atomic mass is 10.2. The van der Waals surface area contributed by atoms with Gasteiger partial charge in [0.25, 0.3) is 5.24 Å². The van der Waals surface area contributed by atoms with Gasteiger partial charge in [0, 0.05) is 11.6 Å². The van der Waals surface area contributed by atoms with Gasteiger partial charge in [-0.1, -0.05) is 42.5 Å². The third-order valence-corrected chi connectivity index (χ3v) is 3.33. The number of aromatic amines is 1. The van der Waals surface area contributed by atoms with E-state index in [2.05, 4.69) is 4.98 Å². The highest BCUT2D eigenvalue weighted by Gasteiger charge is 2.12. The van der Waals surface area contributed by atoms with Gasteiger partial charge in [0.2, 0.25) is 0 Å². The molecule has 0 radical (unpaired) electrons. The topological polar surface area (TPSA) is 42.1 Å². The molecule has 0 aliphatic carbocycles. The summed E-state index contributed by atoms with van der Waals surface area (Å²) in [5.41, 5.74) is 2.34. The van der Waals surface area contributed by atoms with E-state index in [1.807, 2.05) is 48.5 Å². The second-order valence-electron chi connectivity index (χ2n) is 4.43. The highest BCUT2D eigenvalue weighted by atomic mass is 35.5. The minimum atomic E-state index is -0.476. The first-order chi connectivity index (χ1) is 9.75. The molecule has 0 saturated carbocycles. The number of aromatic nitrogens is 1. The third-order valence-electron chi connectivity index (χ3n) is 3.13. The molecule has 0 atom stereocenters. The molecule has 1 heterocycles. The summed E-state index contributed by atoms with van der Waals surface area (Å²) in [4.78, 5) is 14.4. The summed E-state index contributed by atoms with van der Waals surface area (Å²) in [6.07, 6.45) is 1.61. The number of fused-ring (bicyclic) bond motifs is 1. The minimum Gasteiger partial charge on any atom is -0.487 e. The van der Waals surface area contributed by atoms with Crippen LogP contribution in [0.2, 0.25) is 0 Å². The summed E-state index contributed by atoms with van der Waals surface area (Å²) in [7, 11) is 0. The number of rotatable bonds is 4. The molecule has 20 heavy (non-hydrogen) atoms. The van der Waals surface area contributed by atoms with Crippen LogP contribution in [-0.4, -0.2) is 10.2 Å². The van der Waals surface area contributed by atoms with Gasteiger partial charge in [-0.15, -0.1) is 0 Å². The van der Waals surface area contributed by atoms with E-state index in [1.165, 1.54) is 0 Å². The van der Waals surface area contributed by atoms with E-state index in [0.717, 1.165) is 16.5 Å². The molecule has 3 rings (SSSR count). The maximum atomic E-state index is 11.3. The first-order valence-corrected chi connectivity index (χ1v) is 6.60. The molecular formula is C16H12ClNO2. The number of hydrogen-bond donors (Lipinski definition) is 1. The normalized spacial score (nSPS) is 10.7. The standard InChI is InChI=1S/C16H12ClNO2/c17-16(19)13-9-18-15-12(13)7-4-8-14(15)20-10-11-5-2-1-3-6-11/h1-9,18H,10H2. The van der Waals surface area contributed by atoms with Crippen molar-refractivity contribution >= 4 is 27.7 Å². The van der Waals surface area contributed by atoms with Crippen LogP contribution in [0.1, 0.15) is 15.9 Å². The molecule has 0 saturated heterocycles. The minimum absolute atomic E-state index is 0.465. The lowest BCUT2D eigenvalue weighted by Crippen LogP contribution is -1.95. The summed E-state index contributed by atoms with van der Waals surface area (Å²) in [5.74, 6) is 0.704. The molecule has 0 bridgehead atoms. The number of hydrogen-bond acceptors (Lipinski definition) is 2. The van der Waals surface area contributed by atoms with Gasteiger partial charge in [0.1, 0.15) is 12.4 Å². The third kappa shape index (κ3) is 2.40. The van der Waals surface area contributed by atoms with Crippen molar-refractivity contribution in [3.8, 4) is 5.75 Å². The zero-order chi connectivity index (χ0) is 13.9. The Morgan fingerprint density at radius 3 is 2.65 bits per heavy atom. The van der Waals surface area contributed by atoms with E-state index < -0.39 is 5.24 Å². The monoisotopic (exact) mass is 285 g/mol. The van der Waals surface area contributed by atoms with Gasteiger partial charge < -0.3 is 9.72 Å². The first kappa shape index (κ1) is 12.8. The van der Waals surface area contributed by atoms with Crippen molar-refractivity contribution in [3.63, 3.8) is 0 Å². The van der Waals surface area contributed by atoms with Crippen LogP contribution in [-0.2, 0) is 6.61 Å². The van der Waals surface area contributed by atoms with Crippen molar-refractivity contribution in [2.24, 2.45) is 0 Å². The van der Waals surface area contributed by atoms with Crippen molar-refractivity contribution in [2.75, 3.05) is 0 Å². The Morgan fingerprint density at radius 2 is 1.90 bits per heavy atom. The number of halogens is 1. The van der Waals surface area contributed by atoms with Gasteiger partial charge in [-0.2, -0.15) is 0 Å². The van der Waals surface area contributed by atoms with Crippen LogP contribution in [0.5, 0.6) is 5.75 Å². The highest BCUT2D eigenvalue weighted by molar-refractivity contribution is 6.68. The highest BCUT2D eigenvalue weighted by Crippen LogP contribution is 2.28. The predicted molar refractivity (Wildman–Crippen MR) is 79.3 cm³/mol. The van der Waals surface area contributed by atoms with Crippen LogP contribution < -0.4 is 4.74 Å². The number of para-hydroxylation sites is 1. The second-order valence-corrected chi connectivity index (χ2v) is 4.77. The zero-order valence-electron chi connectivity index (χ0n) is 10.6. The van der Waals surface area contributed by atoms with E-state index >= 15 is 0 Å². The van der Waals surface area contributed by atoms with Crippen LogP contribution in [0.25, 0.3) is 10.9 Å². The molecule has 0 amide bonds. The van der Waals surface area contributed by atoms with E-state index in [-0.39, 0.29) is 0 Å². The van der Waals surface area contributed by atoms with Crippen molar-refractivity contribution in [2.45, 2.75) is 6.61 Å². The summed E-state index contributed by atoms with van der Waals surface area (Å²) in [5, 5.41) is 0.298. The molecule has 1 N–H and O–H groups in total. The number of H-pyrrole nitrogens is 1. The smallest absolute Gasteiger partial charge is 0.254 e. The van der Waals surface area contributed by atoms with Crippen LogP contribution in [0.3, 0.4) is 0 Å². The van der Waals surface area contributed by atoms with Crippen LogP contribution in [0, 0.1) is 0 Å². The van der Waals surface area contributed by atoms with Crippen molar-refractivity contribution in [1.29, 1.82) is 0 Å². The number of ether oxygens (including phenoxy) is 1. The van der Waals surface area contributed by atoms with Gasteiger partial charge in [0.15, 0.2) is 0 Å². The molecule has 0 spiro atoms. The quantitative estimate of drug-likeness (QED) is 0.733. The molecule has 100 valence electrons. The SMILES string of the molecule is O=C(Cl)c1c[nH]c2c(OCc3ccccc3)cccc12. The number of carbonyl (C=O) groups excluding carboxylic acids is 1. The van der Waals surface area contributed by atoms with Crippen LogP contribution >= 0.6 is 11.6 Å². The summed E-state index contributed by atoms with van der Waals surface area (Å²) in [6, 6.07) is 15.5. The van der Waals surface area contributed by atoms with Gasteiger partial charge in [-0.3, -0.25) is 4.79 Å². The van der Waals surface area contributed by atoms with Gasteiger partial charge in [-0.25, -0.2) is 0 Å². The molecule has 3 aromatic rings. The van der Waals surface area contributed by atoms with Crippen molar-refractivity contribution < 1.29 is 9.53 Å². The van der Waals surface area contributed by atoms with Crippen LogP contribution in [0.15, 0.2) is 54.7 Å². The first-order valence-electron chi connectivity index (χ1n) is 6.22. The lowest BCUT2D eigenvalue weighted by molar-refractivity contribution is 0.108. The molecule has 0 fully saturated rings. The maximum Gasteiger partial charge on any atom is 0.254 e. The Bertz CT molecular complexity index is 750. The Hall–Kier alpha value is -2.26. The van der Waals surface area contributed by atoms with Gasteiger partial charge in [0.05, 0.1) is 11.1 Å². The molecule has 1 aromatic heterocycles. The predicted octanol–water partition coefficient (Wildman–Crippen LogP) is 4.13. The van der Waals surface area contributed by atoms with Gasteiger partial charge >= 0.3 is 0 Å². The second kappa shape index (κ2) is 5.39. The molecule has 2 aromatic carbocycles. The van der Waals surface area contributed by atoms with Crippen molar-refractivity contribution in [3.05, 3.63) is 65.9 Å². The fraction of sp³-hybridized carbons (Fsp3) is 0.0625. The Balaban J connectivity index is 1.90. The maximum absolute atomic E-state index is 11.3. The number of nitrogens with one attached hydrogen (secondary N) is 1. The summed E-state index contributed by atoms with van der Waals surface area (Å²) < 4.78 is 5.81. The molecule has 0 aliphatic heterocycles. The Kier molecular flexibility index (Phi) is 3.44. The molecule has 0 unspecified atom stereocenters. The molecule has 3 nitrogen and oxygen atoms in total. The fourth-order valence-corrected chi connectivity index (χ4v) is 2.30. The fourth-order valence-electron chi connectivity index (χ4n) is 2.14. The summed E-state index contributed by atoms with van der Waals surface area (Å²) >= 11 is 5.55. The van der Waals surface area contributed by atoms with Crippen molar-refractivity contribution in [1.82, 2.24) is 4.98 Å². The van der Waals surface area contributed by atoms with Gasteiger partial charge in [-0.05, 0) is 23.2 Å². The van der Waals surface area contributed by atoms with Crippen LogP contribution in [0.4, 0.5) is 0 Å². The largest absolute Gasteiger partial charge is 0.487 e. The molecule has 4 heteroatoms. The average Bonchev–Trinajstić information content (AvgIpc) is 2.91.